The standard InChI is InChI=1S/C14H11Cl2NO2/c1-7-9(2-3-19-7)14(16)10-4-8-5-13(18)17-12(8)6-11(10)15/h2-4,6,14H,5H2,1H3,(H,17,18). The molecule has 1 aromatic carbocycles. The van der Waals surface area contributed by atoms with Crippen LogP contribution in [0.15, 0.2) is 28.9 Å². The molecule has 2 heterocycles. The number of halogens is 2. The highest BCUT2D eigenvalue weighted by atomic mass is 35.5. The zero-order valence-electron chi connectivity index (χ0n) is 10.2. The molecule has 1 amide bonds. The first-order valence-corrected chi connectivity index (χ1v) is 6.68. The maximum Gasteiger partial charge on any atom is 0.228 e. The molecule has 1 aromatic heterocycles. The maximum atomic E-state index is 11.4. The summed E-state index contributed by atoms with van der Waals surface area (Å²) in [6, 6.07) is 5.47. The van der Waals surface area contributed by atoms with Gasteiger partial charge in [0.25, 0.3) is 0 Å². The Morgan fingerprint density at radius 2 is 2.16 bits per heavy atom. The third-order valence-electron chi connectivity index (χ3n) is 3.29. The van der Waals surface area contributed by atoms with Crippen LogP contribution in [0.3, 0.4) is 0 Å². The van der Waals surface area contributed by atoms with E-state index in [1.54, 1.807) is 12.3 Å². The number of aryl methyl sites for hydroxylation is 1. The number of nitrogens with one attached hydrogen (secondary N) is 1. The first kappa shape index (κ1) is 12.6. The van der Waals surface area contributed by atoms with E-state index in [2.05, 4.69) is 5.32 Å². The molecule has 3 nitrogen and oxygen atoms in total. The summed E-state index contributed by atoms with van der Waals surface area (Å²) in [5.41, 5.74) is 3.38. The van der Waals surface area contributed by atoms with Crippen molar-refractivity contribution in [2.75, 3.05) is 5.32 Å². The van der Waals surface area contributed by atoms with E-state index in [1.807, 2.05) is 19.1 Å². The van der Waals surface area contributed by atoms with Gasteiger partial charge in [-0.1, -0.05) is 11.6 Å². The molecule has 1 atom stereocenters. The lowest BCUT2D eigenvalue weighted by molar-refractivity contribution is -0.115. The number of benzene rings is 1. The molecule has 98 valence electrons. The van der Waals surface area contributed by atoms with Crippen LogP contribution in [-0.2, 0) is 11.2 Å². The number of carbonyl (C=O) groups is 1. The summed E-state index contributed by atoms with van der Waals surface area (Å²) in [5, 5.41) is 2.93. The molecule has 1 N–H and O–H groups in total. The van der Waals surface area contributed by atoms with Crippen molar-refractivity contribution >= 4 is 34.8 Å². The minimum atomic E-state index is -0.382. The topological polar surface area (TPSA) is 42.2 Å². The first-order valence-electron chi connectivity index (χ1n) is 5.86. The number of fused-ring (bicyclic) bond motifs is 1. The van der Waals surface area contributed by atoms with Crippen LogP contribution in [0.4, 0.5) is 5.69 Å². The molecule has 0 spiro atoms. The fourth-order valence-electron chi connectivity index (χ4n) is 2.29. The number of furan rings is 1. The van der Waals surface area contributed by atoms with Gasteiger partial charge in [0.2, 0.25) is 5.91 Å². The van der Waals surface area contributed by atoms with Crippen LogP contribution in [0.2, 0.25) is 5.02 Å². The van der Waals surface area contributed by atoms with Crippen LogP contribution in [0.5, 0.6) is 0 Å². The molecule has 0 aliphatic carbocycles. The minimum Gasteiger partial charge on any atom is -0.469 e. The third-order valence-corrected chi connectivity index (χ3v) is 4.09. The van der Waals surface area contributed by atoms with E-state index < -0.39 is 0 Å². The van der Waals surface area contributed by atoms with Crippen LogP contribution >= 0.6 is 23.2 Å². The highest BCUT2D eigenvalue weighted by molar-refractivity contribution is 6.33. The van der Waals surface area contributed by atoms with E-state index in [9.17, 15) is 4.79 Å². The summed E-state index contributed by atoms with van der Waals surface area (Å²) in [4.78, 5) is 11.4. The quantitative estimate of drug-likeness (QED) is 0.849. The van der Waals surface area contributed by atoms with Crippen molar-refractivity contribution in [3.05, 3.63) is 51.9 Å². The van der Waals surface area contributed by atoms with E-state index in [1.165, 1.54) is 0 Å². The molecule has 5 heteroatoms. The van der Waals surface area contributed by atoms with Crippen LogP contribution in [0.25, 0.3) is 0 Å². The molecule has 2 aromatic rings. The van der Waals surface area contributed by atoms with Gasteiger partial charge in [-0.3, -0.25) is 4.79 Å². The Morgan fingerprint density at radius 3 is 2.84 bits per heavy atom. The van der Waals surface area contributed by atoms with Crippen molar-refractivity contribution in [3.63, 3.8) is 0 Å². The van der Waals surface area contributed by atoms with Crippen molar-refractivity contribution in [2.24, 2.45) is 0 Å². The summed E-state index contributed by atoms with van der Waals surface area (Å²) >= 11 is 12.7. The maximum absolute atomic E-state index is 11.4. The normalized spacial score (nSPS) is 15.2. The van der Waals surface area contributed by atoms with Crippen molar-refractivity contribution in [3.8, 4) is 0 Å². The van der Waals surface area contributed by atoms with Crippen LogP contribution in [-0.4, -0.2) is 5.91 Å². The molecule has 3 rings (SSSR count). The monoisotopic (exact) mass is 295 g/mol. The number of amides is 1. The largest absolute Gasteiger partial charge is 0.469 e. The van der Waals surface area contributed by atoms with Gasteiger partial charge in [-0.25, -0.2) is 0 Å². The average molecular weight is 296 g/mol. The Balaban J connectivity index is 2.05. The summed E-state index contributed by atoms with van der Waals surface area (Å²) in [6.45, 7) is 1.86. The highest BCUT2D eigenvalue weighted by Crippen LogP contribution is 2.39. The summed E-state index contributed by atoms with van der Waals surface area (Å²) < 4.78 is 5.26. The van der Waals surface area contributed by atoms with E-state index >= 15 is 0 Å². The number of alkyl halides is 1. The third kappa shape index (κ3) is 2.13. The second kappa shape index (κ2) is 4.58. The number of hydrogen-bond donors (Lipinski definition) is 1. The van der Waals surface area contributed by atoms with E-state index in [4.69, 9.17) is 27.6 Å². The fourth-order valence-corrected chi connectivity index (χ4v) is 3.02. The lowest BCUT2D eigenvalue weighted by atomic mass is 10.0. The Hall–Kier alpha value is -1.45. The van der Waals surface area contributed by atoms with Crippen molar-refractivity contribution < 1.29 is 9.21 Å². The molecule has 19 heavy (non-hydrogen) atoms. The molecule has 0 saturated carbocycles. The predicted molar refractivity (Wildman–Crippen MR) is 74.9 cm³/mol. The molecule has 1 aliphatic heterocycles. The highest BCUT2D eigenvalue weighted by Gasteiger charge is 2.24. The molecule has 1 unspecified atom stereocenters. The Kier molecular flexibility index (Phi) is 3.03. The summed E-state index contributed by atoms with van der Waals surface area (Å²) in [7, 11) is 0. The average Bonchev–Trinajstić information content (AvgIpc) is 2.92. The molecular formula is C14H11Cl2NO2. The number of anilines is 1. The van der Waals surface area contributed by atoms with E-state index in [-0.39, 0.29) is 11.3 Å². The number of hydrogen-bond acceptors (Lipinski definition) is 2. The molecule has 0 saturated heterocycles. The van der Waals surface area contributed by atoms with Crippen molar-refractivity contribution in [2.45, 2.75) is 18.7 Å². The summed E-state index contributed by atoms with van der Waals surface area (Å²) in [5.74, 6) is 0.750. The summed E-state index contributed by atoms with van der Waals surface area (Å²) in [6.07, 6.45) is 1.97. The van der Waals surface area contributed by atoms with Gasteiger partial charge >= 0.3 is 0 Å². The molecule has 0 fully saturated rings. The van der Waals surface area contributed by atoms with Crippen LogP contribution in [0, 0.1) is 6.92 Å². The zero-order valence-corrected chi connectivity index (χ0v) is 11.7. The predicted octanol–water partition coefficient (Wildman–Crippen LogP) is 4.06. The second-order valence-corrected chi connectivity index (χ2v) is 5.39. The Morgan fingerprint density at radius 1 is 1.37 bits per heavy atom. The van der Waals surface area contributed by atoms with Gasteiger partial charge in [0.15, 0.2) is 0 Å². The van der Waals surface area contributed by atoms with E-state index in [0.29, 0.717) is 11.4 Å². The smallest absolute Gasteiger partial charge is 0.228 e. The van der Waals surface area contributed by atoms with Gasteiger partial charge in [0.05, 0.1) is 18.1 Å². The Bertz CT molecular complexity index is 663. The van der Waals surface area contributed by atoms with Crippen molar-refractivity contribution in [1.29, 1.82) is 0 Å². The molecule has 1 aliphatic rings. The minimum absolute atomic E-state index is 0.0196. The van der Waals surface area contributed by atoms with Gasteiger partial charge in [0, 0.05) is 16.3 Å². The van der Waals surface area contributed by atoms with E-state index in [0.717, 1.165) is 28.1 Å². The van der Waals surface area contributed by atoms with Gasteiger partial charge in [-0.05, 0) is 36.2 Å². The fraction of sp³-hybridized carbons (Fsp3) is 0.214. The number of rotatable bonds is 2. The lowest BCUT2D eigenvalue weighted by Crippen LogP contribution is -2.03. The van der Waals surface area contributed by atoms with Crippen LogP contribution < -0.4 is 5.32 Å². The first-order chi connectivity index (χ1) is 9.06. The van der Waals surface area contributed by atoms with Gasteiger partial charge in [0.1, 0.15) is 5.76 Å². The number of carbonyl (C=O) groups excluding carboxylic acids is 1. The zero-order chi connectivity index (χ0) is 13.6. The van der Waals surface area contributed by atoms with Gasteiger partial charge in [-0.2, -0.15) is 0 Å². The molecule has 0 radical (unpaired) electrons. The van der Waals surface area contributed by atoms with Gasteiger partial charge < -0.3 is 9.73 Å². The lowest BCUT2D eigenvalue weighted by Gasteiger charge is -2.13. The second-order valence-electron chi connectivity index (χ2n) is 4.55. The van der Waals surface area contributed by atoms with Gasteiger partial charge in [-0.15, -0.1) is 11.6 Å². The SMILES string of the molecule is Cc1occc1C(Cl)c1cc2c(cc1Cl)NC(=O)C2. The molecule has 0 bridgehead atoms. The van der Waals surface area contributed by atoms with Crippen molar-refractivity contribution in [1.82, 2.24) is 0 Å². The Labute approximate surface area is 120 Å². The molecular weight excluding hydrogens is 285 g/mol. The van der Waals surface area contributed by atoms with Crippen LogP contribution in [0.1, 0.15) is 27.8 Å².